The summed E-state index contributed by atoms with van der Waals surface area (Å²) in [4.78, 5) is 18.9. The van der Waals surface area contributed by atoms with Crippen LogP contribution in [-0.2, 0) is 6.42 Å². The van der Waals surface area contributed by atoms with E-state index < -0.39 is 0 Å². The number of carbonyl (C=O) groups is 1. The fourth-order valence-corrected chi connectivity index (χ4v) is 3.60. The number of benzene rings is 1. The van der Waals surface area contributed by atoms with Gasteiger partial charge in [0.1, 0.15) is 0 Å². The molecular formula is C14H11NOS2. The van der Waals surface area contributed by atoms with Gasteiger partial charge < -0.3 is 0 Å². The molecule has 0 radical (unpaired) electrons. The van der Waals surface area contributed by atoms with Crippen molar-refractivity contribution in [1.29, 1.82) is 0 Å². The van der Waals surface area contributed by atoms with Crippen molar-refractivity contribution in [1.82, 2.24) is 4.98 Å². The Kier molecular flexibility index (Phi) is 2.97. The van der Waals surface area contributed by atoms with Gasteiger partial charge in [0.2, 0.25) is 0 Å². The van der Waals surface area contributed by atoms with E-state index in [1.54, 1.807) is 11.3 Å². The number of nitrogens with zero attached hydrogens (tertiary/aromatic N) is 1. The topological polar surface area (TPSA) is 30.0 Å². The summed E-state index contributed by atoms with van der Waals surface area (Å²) < 4.78 is 1.07. The van der Waals surface area contributed by atoms with Crippen LogP contribution in [0.4, 0.5) is 0 Å². The minimum absolute atomic E-state index is 0.109. The fourth-order valence-electron chi connectivity index (χ4n) is 1.81. The number of hydrogen-bond donors (Lipinski definition) is 0. The Bertz CT molecular complexity index is 678. The molecule has 0 aliphatic carbocycles. The van der Waals surface area contributed by atoms with Crippen LogP contribution in [0.2, 0.25) is 0 Å². The second-order valence-electron chi connectivity index (χ2n) is 4.10. The van der Waals surface area contributed by atoms with Crippen molar-refractivity contribution in [3.8, 4) is 0 Å². The first kappa shape index (κ1) is 11.6. The summed E-state index contributed by atoms with van der Waals surface area (Å²) >= 11 is 3.15. The van der Waals surface area contributed by atoms with Crippen LogP contribution in [0.15, 0.2) is 36.4 Å². The van der Waals surface area contributed by atoms with Crippen molar-refractivity contribution in [3.05, 3.63) is 51.2 Å². The van der Waals surface area contributed by atoms with Gasteiger partial charge in [-0.2, -0.15) is 0 Å². The standard InChI is InChI=1S/C14H11NOS2/c1-9-6-7-10(17-9)8-12(16)14-15-11-4-2-3-5-13(11)18-14/h2-7H,8H2,1H3. The summed E-state index contributed by atoms with van der Waals surface area (Å²) in [5.41, 5.74) is 0.910. The Morgan fingerprint density at radius 1 is 1.17 bits per heavy atom. The van der Waals surface area contributed by atoms with Gasteiger partial charge in [0.15, 0.2) is 10.8 Å². The lowest BCUT2D eigenvalue weighted by atomic mass is 10.2. The van der Waals surface area contributed by atoms with Crippen LogP contribution in [0.25, 0.3) is 10.2 Å². The van der Waals surface area contributed by atoms with Crippen LogP contribution in [-0.4, -0.2) is 10.8 Å². The maximum atomic E-state index is 12.1. The smallest absolute Gasteiger partial charge is 0.196 e. The van der Waals surface area contributed by atoms with Gasteiger partial charge in [-0.05, 0) is 31.2 Å². The minimum atomic E-state index is 0.109. The number of para-hydroxylation sites is 1. The molecule has 0 N–H and O–H groups in total. The second kappa shape index (κ2) is 4.63. The van der Waals surface area contributed by atoms with Crippen LogP contribution < -0.4 is 0 Å². The lowest BCUT2D eigenvalue weighted by molar-refractivity contribution is 0.0993. The van der Waals surface area contributed by atoms with Crippen LogP contribution in [0.3, 0.4) is 0 Å². The van der Waals surface area contributed by atoms with Gasteiger partial charge in [0.25, 0.3) is 0 Å². The van der Waals surface area contributed by atoms with Crippen LogP contribution >= 0.6 is 22.7 Å². The van der Waals surface area contributed by atoms with Crippen LogP contribution in [0, 0.1) is 6.92 Å². The summed E-state index contributed by atoms with van der Waals surface area (Å²) in [5, 5.41) is 0.613. The third-order valence-electron chi connectivity index (χ3n) is 2.66. The Labute approximate surface area is 113 Å². The summed E-state index contributed by atoms with van der Waals surface area (Å²) in [6.45, 7) is 2.05. The summed E-state index contributed by atoms with van der Waals surface area (Å²) in [7, 11) is 0. The first-order chi connectivity index (χ1) is 8.72. The number of carbonyl (C=O) groups excluding carboxylic acids is 1. The molecule has 0 unspecified atom stereocenters. The molecule has 3 aromatic rings. The number of aromatic nitrogens is 1. The van der Waals surface area contributed by atoms with E-state index in [0.29, 0.717) is 11.4 Å². The van der Waals surface area contributed by atoms with Gasteiger partial charge in [-0.15, -0.1) is 22.7 Å². The first-order valence-corrected chi connectivity index (χ1v) is 7.30. The molecule has 0 fully saturated rings. The van der Waals surface area contributed by atoms with E-state index in [1.165, 1.54) is 16.2 Å². The zero-order valence-corrected chi connectivity index (χ0v) is 11.5. The fraction of sp³-hybridized carbons (Fsp3) is 0.143. The molecule has 90 valence electrons. The molecule has 1 aromatic carbocycles. The first-order valence-electron chi connectivity index (χ1n) is 5.66. The van der Waals surface area contributed by atoms with E-state index in [2.05, 4.69) is 11.9 Å². The molecule has 0 saturated heterocycles. The Hall–Kier alpha value is -1.52. The minimum Gasteiger partial charge on any atom is -0.291 e. The normalized spacial score (nSPS) is 10.9. The van der Waals surface area contributed by atoms with Gasteiger partial charge >= 0.3 is 0 Å². The Morgan fingerprint density at radius 2 is 2.00 bits per heavy atom. The molecule has 2 heterocycles. The maximum absolute atomic E-state index is 12.1. The third-order valence-corrected chi connectivity index (χ3v) is 4.74. The highest BCUT2D eigenvalue weighted by atomic mass is 32.1. The molecule has 0 aliphatic heterocycles. The summed E-state index contributed by atoms with van der Waals surface area (Å²) in [6.07, 6.45) is 0.457. The monoisotopic (exact) mass is 273 g/mol. The largest absolute Gasteiger partial charge is 0.291 e. The van der Waals surface area contributed by atoms with E-state index in [0.717, 1.165) is 15.1 Å². The third kappa shape index (κ3) is 2.21. The Morgan fingerprint density at radius 3 is 2.72 bits per heavy atom. The van der Waals surface area contributed by atoms with Crippen molar-refractivity contribution < 1.29 is 4.79 Å². The number of thiophene rings is 1. The highest BCUT2D eigenvalue weighted by Gasteiger charge is 2.13. The van der Waals surface area contributed by atoms with E-state index >= 15 is 0 Å². The number of ketones is 1. The summed E-state index contributed by atoms with van der Waals surface area (Å²) in [5.74, 6) is 0.109. The van der Waals surface area contributed by atoms with Crippen molar-refractivity contribution in [3.63, 3.8) is 0 Å². The number of fused-ring (bicyclic) bond motifs is 1. The van der Waals surface area contributed by atoms with Crippen molar-refractivity contribution in [2.24, 2.45) is 0 Å². The molecule has 2 aromatic heterocycles. The van der Waals surface area contributed by atoms with Crippen molar-refractivity contribution in [2.75, 3.05) is 0 Å². The molecule has 0 atom stereocenters. The predicted octanol–water partition coefficient (Wildman–Crippen LogP) is 4.09. The molecule has 2 nitrogen and oxygen atoms in total. The van der Waals surface area contributed by atoms with Gasteiger partial charge in [-0.3, -0.25) is 4.79 Å². The van der Waals surface area contributed by atoms with Crippen molar-refractivity contribution >= 4 is 38.7 Å². The van der Waals surface area contributed by atoms with E-state index in [9.17, 15) is 4.79 Å². The maximum Gasteiger partial charge on any atom is 0.196 e. The van der Waals surface area contributed by atoms with E-state index in [4.69, 9.17) is 0 Å². The molecule has 4 heteroatoms. The van der Waals surface area contributed by atoms with Crippen LogP contribution in [0.5, 0.6) is 0 Å². The predicted molar refractivity (Wildman–Crippen MR) is 76.7 cm³/mol. The van der Waals surface area contributed by atoms with E-state index in [-0.39, 0.29) is 5.78 Å². The number of thiazole rings is 1. The van der Waals surface area contributed by atoms with Crippen LogP contribution in [0.1, 0.15) is 19.6 Å². The molecular weight excluding hydrogens is 262 g/mol. The zero-order chi connectivity index (χ0) is 12.5. The van der Waals surface area contributed by atoms with Gasteiger partial charge in [-0.25, -0.2) is 4.98 Å². The summed E-state index contributed by atoms with van der Waals surface area (Å²) in [6, 6.07) is 11.9. The quantitative estimate of drug-likeness (QED) is 0.673. The van der Waals surface area contributed by atoms with Crippen molar-refractivity contribution in [2.45, 2.75) is 13.3 Å². The lowest BCUT2D eigenvalue weighted by Gasteiger charge is -1.92. The molecule has 0 saturated carbocycles. The van der Waals surface area contributed by atoms with E-state index in [1.807, 2.05) is 36.4 Å². The molecule has 0 amide bonds. The number of aryl methyl sites for hydroxylation is 1. The van der Waals surface area contributed by atoms with Gasteiger partial charge in [0, 0.05) is 16.2 Å². The number of rotatable bonds is 3. The highest BCUT2D eigenvalue weighted by molar-refractivity contribution is 7.20. The Balaban J connectivity index is 1.87. The average Bonchev–Trinajstić information content (AvgIpc) is 2.95. The number of Topliss-reactive ketones (excluding diaryl/α,β-unsaturated/α-hetero) is 1. The SMILES string of the molecule is Cc1ccc(CC(=O)c2nc3ccccc3s2)s1. The average molecular weight is 273 g/mol. The zero-order valence-electron chi connectivity index (χ0n) is 9.84. The molecule has 18 heavy (non-hydrogen) atoms. The molecule has 0 aliphatic rings. The second-order valence-corrected chi connectivity index (χ2v) is 6.50. The number of hydrogen-bond acceptors (Lipinski definition) is 4. The van der Waals surface area contributed by atoms with Gasteiger partial charge in [-0.1, -0.05) is 12.1 Å². The molecule has 3 rings (SSSR count). The molecule has 0 bridgehead atoms. The molecule has 0 spiro atoms. The van der Waals surface area contributed by atoms with Gasteiger partial charge in [0.05, 0.1) is 10.2 Å². The highest BCUT2D eigenvalue weighted by Crippen LogP contribution is 2.24. The lowest BCUT2D eigenvalue weighted by Crippen LogP contribution is -2.01.